The maximum atomic E-state index is 6.20. The number of nitrogens with zero attached hydrogens (tertiary/aromatic N) is 4. The Balaban J connectivity index is 1.73. The molecule has 1 aliphatic carbocycles. The lowest BCUT2D eigenvalue weighted by molar-refractivity contribution is 0.00612. The molecule has 0 aromatic carbocycles. The molecule has 6 nitrogen and oxygen atoms in total. The minimum Gasteiger partial charge on any atom is -0.368 e. The highest BCUT2D eigenvalue weighted by molar-refractivity contribution is 14.1. The minimum atomic E-state index is -0.0297. The standard InChI is InChI=1S/C12H13ClIN5O/c13-10-8-11(18-12(15)17-10)19(4-16-8)7-3-5-1-2-6(14)9(5)20-7/h4-7,9H,1-3H2,(H2,15,17,18). The molecule has 4 unspecified atom stereocenters. The minimum absolute atomic E-state index is 0.0297. The van der Waals surface area contributed by atoms with Crippen LogP contribution in [0.25, 0.3) is 11.2 Å². The number of hydrogen-bond acceptors (Lipinski definition) is 5. The van der Waals surface area contributed by atoms with E-state index in [4.69, 9.17) is 22.1 Å². The summed E-state index contributed by atoms with van der Waals surface area (Å²) in [5, 5.41) is 0.288. The molecule has 2 N–H and O–H groups in total. The zero-order chi connectivity index (χ0) is 13.9. The maximum absolute atomic E-state index is 6.20. The van der Waals surface area contributed by atoms with Crippen LogP contribution in [0.2, 0.25) is 5.15 Å². The van der Waals surface area contributed by atoms with Gasteiger partial charge in [0.05, 0.1) is 12.4 Å². The first-order valence-corrected chi connectivity index (χ1v) is 8.21. The maximum Gasteiger partial charge on any atom is 0.223 e. The van der Waals surface area contributed by atoms with Gasteiger partial charge in [-0.05, 0) is 25.2 Å². The summed E-state index contributed by atoms with van der Waals surface area (Å²) in [5.41, 5.74) is 6.90. The van der Waals surface area contributed by atoms with E-state index in [1.807, 2.05) is 4.57 Å². The van der Waals surface area contributed by atoms with Crippen molar-refractivity contribution >= 4 is 51.3 Å². The smallest absolute Gasteiger partial charge is 0.223 e. The molecule has 1 saturated carbocycles. The van der Waals surface area contributed by atoms with Crippen LogP contribution in [0.3, 0.4) is 0 Å². The van der Waals surface area contributed by atoms with E-state index < -0.39 is 0 Å². The molecular weight excluding hydrogens is 393 g/mol. The summed E-state index contributed by atoms with van der Waals surface area (Å²) >= 11 is 8.54. The van der Waals surface area contributed by atoms with Crippen molar-refractivity contribution in [2.24, 2.45) is 5.92 Å². The van der Waals surface area contributed by atoms with Gasteiger partial charge in [-0.25, -0.2) is 4.98 Å². The number of aromatic nitrogens is 4. The number of anilines is 1. The Morgan fingerprint density at radius 1 is 1.40 bits per heavy atom. The third-order valence-corrected chi connectivity index (χ3v) is 5.75. The number of imidazole rings is 1. The van der Waals surface area contributed by atoms with E-state index in [2.05, 4.69) is 37.5 Å². The van der Waals surface area contributed by atoms with E-state index in [-0.39, 0.29) is 17.3 Å². The van der Waals surface area contributed by atoms with E-state index >= 15 is 0 Å². The number of rotatable bonds is 1. The van der Waals surface area contributed by atoms with Crippen LogP contribution >= 0.6 is 34.2 Å². The second kappa shape index (κ2) is 4.67. The van der Waals surface area contributed by atoms with Crippen LogP contribution < -0.4 is 5.73 Å². The van der Waals surface area contributed by atoms with Crippen molar-refractivity contribution in [3.05, 3.63) is 11.5 Å². The van der Waals surface area contributed by atoms with Gasteiger partial charge in [0.15, 0.2) is 10.8 Å². The molecule has 1 aliphatic heterocycles. The van der Waals surface area contributed by atoms with Crippen molar-refractivity contribution in [3.63, 3.8) is 0 Å². The van der Waals surface area contributed by atoms with Crippen LogP contribution in [-0.2, 0) is 4.74 Å². The molecule has 106 valence electrons. The monoisotopic (exact) mass is 405 g/mol. The van der Waals surface area contributed by atoms with Crippen molar-refractivity contribution in [1.29, 1.82) is 0 Å². The Morgan fingerprint density at radius 2 is 2.25 bits per heavy atom. The van der Waals surface area contributed by atoms with Gasteiger partial charge in [-0.1, -0.05) is 34.2 Å². The molecule has 2 fully saturated rings. The number of nitrogen functional groups attached to an aromatic ring is 1. The quantitative estimate of drug-likeness (QED) is 0.448. The largest absolute Gasteiger partial charge is 0.368 e. The molecule has 4 atom stereocenters. The lowest BCUT2D eigenvalue weighted by Crippen LogP contribution is -2.19. The van der Waals surface area contributed by atoms with E-state index in [1.54, 1.807) is 6.33 Å². The lowest BCUT2D eigenvalue weighted by atomic mass is 10.0. The molecule has 4 rings (SSSR count). The Kier molecular flexibility index (Phi) is 3.04. The van der Waals surface area contributed by atoms with Gasteiger partial charge >= 0.3 is 0 Å². The first kappa shape index (κ1) is 13.0. The van der Waals surface area contributed by atoms with Gasteiger partial charge in [-0.15, -0.1) is 0 Å². The Hall–Kier alpha value is -0.670. The molecule has 1 saturated heterocycles. The van der Waals surface area contributed by atoms with Crippen molar-refractivity contribution in [1.82, 2.24) is 19.5 Å². The normalized spacial score (nSPS) is 32.9. The van der Waals surface area contributed by atoms with Gasteiger partial charge in [0.1, 0.15) is 11.7 Å². The van der Waals surface area contributed by atoms with Crippen LogP contribution in [-0.4, -0.2) is 29.5 Å². The number of hydrogen-bond donors (Lipinski definition) is 1. The SMILES string of the molecule is Nc1nc(Cl)c2ncn(C3CC4CCC(I)C4O3)c2n1. The summed E-state index contributed by atoms with van der Waals surface area (Å²) in [6, 6.07) is 0. The highest BCUT2D eigenvalue weighted by Gasteiger charge is 2.44. The van der Waals surface area contributed by atoms with Crippen LogP contribution in [0, 0.1) is 5.92 Å². The molecule has 8 heteroatoms. The molecule has 2 aliphatic rings. The molecule has 0 bridgehead atoms. The van der Waals surface area contributed by atoms with Gasteiger partial charge < -0.3 is 10.5 Å². The fourth-order valence-corrected chi connectivity index (χ4v) is 4.57. The van der Waals surface area contributed by atoms with Crippen LogP contribution in [0.15, 0.2) is 6.33 Å². The molecule has 2 aromatic heterocycles. The molecule has 0 spiro atoms. The summed E-state index contributed by atoms with van der Waals surface area (Å²) in [6.07, 6.45) is 5.51. The van der Waals surface area contributed by atoms with Gasteiger partial charge in [0.2, 0.25) is 5.95 Å². The summed E-state index contributed by atoms with van der Waals surface area (Å²) in [7, 11) is 0. The third-order valence-electron chi connectivity index (χ3n) is 4.16. The van der Waals surface area contributed by atoms with Gasteiger partial charge in [-0.2, -0.15) is 9.97 Å². The summed E-state index contributed by atoms with van der Waals surface area (Å²) < 4.78 is 8.73. The number of fused-ring (bicyclic) bond motifs is 2. The molecule has 0 radical (unpaired) electrons. The Labute approximate surface area is 134 Å². The summed E-state index contributed by atoms with van der Waals surface area (Å²) in [5.74, 6) is 0.795. The van der Waals surface area contributed by atoms with E-state index in [0.717, 1.165) is 6.42 Å². The molecule has 2 aromatic rings. The number of ether oxygens (including phenoxy) is 1. The van der Waals surface area contributed by atoms with Crippen LogP contribution in [0.5, 0.6) is 0 Å². The fourth-order valence-electron chi connectivity index (χ4n) is 3.23. The lowest BCUT2D eigenvalue weighted by Gasteiger charge is -2.16. The zero-order valence-electron chi connectivity index (χ0n) is 10.5. The average Bonchev–Trinajstić information content (AvgIpc) is 3.05. The first-order valence-electron chi connectivity index (χ1n) is 6.58. The summed E-state index contributed by atoms with van der Waals surface area (Å²) in [4.78, 5) is 12.5. The van der Waals surface area contributed by atoms with E-state index in [0.29, 0.717) is 27.1 Å². The molecule has 3 heterocycles. The summed E-state index contributed by atoms with van der Waals surface area (Å²) in [6.45, 7) is 0. The first-order chi connectivity index (χ1) is 9.63. The average molecular weight is 406 g/mol. The van der Waals surface area contributed by atoms with Crippen LogP contribution in [0.1, 0.15) is 25.5 Å². The predicted molar refractivity (Wildman–Crippen MR) is 83.8 cm³/mol. The fraction of sp³-hybridized carbons (Fsp3) is 0.583. The van der Waals surface area contributed by atoms with Gasteiger partial charge in [0.25, 0.3) is 0 Å². The Bertz CT molecular complexity index is 677. The van der Waals surface area contributed by atoms with Gasteiger partial charge in [0, 0.05) is 3.92 Å². The van der Waals surface area contributed by atoms with E-state index in [9.17, 15) is 0 Å². The molecule has 0 amide bonds. The molecule has 20 heavy (non-hydrogen) atoms. The predicted octanol–water partition coefficient (Wildman–Crippen LogP) is 2.56. The highest BCUT2D eigenvalue weighted by Crippen LogP contribution is 2.46. The van der Waals surface area contributed by atoms with Gasteiger partial charge in [-0.3, -0.25) is 4.57 Å². The van der Waals surface area contributed by atoms with Crippen molar-refractivity contribution in [2.75, 3.05) is 5.73 Å². The number of alkyl halides is 1. The topological polar surface area (TPSA) is 78.8 Å². The van der Waals surface area contributed by atoms with Crippen molar-refractivity contribution in [3.8, 4) is 0 Å². The second-order valence-electron chi connectivity index (χ2n) is 5.34. The number of halogens is 2. The molecular formula is C12H13ClIN5O. The Morgan fingerprint density at radius 3 is 3.05 bits per heavy atom. The zero-order valence-corrected chi connectivity index (χ0v) is 13.5. The van der Waals surface area contributed by atoms with E-state index in [1.165, 1.54) is 12.8 Å². The van der Waals surface area contributed by atoms with Crippen LogP contribution in [0.4, 0.5) is 5.95 Å². The third kappa shape index (κ3) is 1.90. The number of nitrogens with two attached hydrogens (primary N) is 1. The van der Waals surface area contributed by atoms with Crippen molar-refractivity contribution < 1.29 is 4.74 Å². The highest BCUT2D eigenvalue weighted by atomic mass is 127. The van der Waals surface area contributed by atoms with Crippen molar-refractivity contribution in [2.45, 2.75) is 35.5 Å². The second-order valence-corrected chi connectivity index (χ2v) is 7.30.